The van der Waals surface area contributed by atoms with E-state index in [-0.39, 0.29) is 5.91 Å². The zero-order valence-electron chi connectivity index (χ0n) is 10.9. The first-order valence-electron chi connectivity index (χ1n) is 6.65. The van der Waals surface area contributed by atoms with Crippen molar-refractivity contribution in [3.8, 4) is 0 Å². The van der Waals surface area contributed by atoms with E-state index < -0.39 is 0 Å². The lowest BCUT2D eigenvalue weighted by molar-refractivity contribution is -0.120. The van der Waals surface area contributed by atoms with Gasteiger partial charge in [0.05, 0.1) is 0 Å². The van der Waals surface area contributed by atoms with Crippen LogP contribution in [0.4, 0.5) is 0 Å². The highest BCUT2D eigenvalue weighted by Gasteiger charge is 1.95. The largest absolute Gasteiger partial charge is 0.381 e. The number of amides is 1. The molecule has 0 aromatic carbocycles. The second-order valence-electron chi connectivity index (χ2n) is 4.08. The third-order valence-corrected chi connectivity index (χ3v) is 2.50. The van der Waals surface area contributed by atoms with Gasteiger partial charge in [0.2, 0.25) is 5.91 Å². The summed E-state index contributed by atoms with van der Waals surface area (Å²) in [6, 6.07) is 0. The third kappa shape index (κ3) is 11.5. The molecule has 1 N–H and O–H groups in total. The van der Waals surface area contributed by atoms with Crippen molar-refractivity contribution >= 4 is 5.91 Å². The van der Waals surface area contributed by atoms with Crippen LogP contribution in [0.5, 0.6) is 0 Å². The van der Waals surface area contributed by atoms with Gasteiger partial charge in [-0.25, -0.2) is 0 Å². The number of unbranched alkanes of at least 4 members (excludes halogenated alkanes) is 4. The molecule has 0 aliphatic heterocycles. The molecule has 0 saturated heterocycles. The Bertz CT molecular complexity index is 160. The number of ether oxygens (including phenoxy) is 1. The van der Waals surface area contributed by atoms with Crippen molar-refractivity contribution in [3.05, 3.63) is 0 Å². The predicted octanol–water partition coefficient (Wildman–Crippen LogP) is 2.89. The summed E-state index contributed by atoms with van der Waals surface area (Å²) < 4.78 is 5.50. The second-order valence-corrected chi connectivity index (χ2v) is 4.08. The van der Waals surface area contributed by atoms with Crippen LogP contribution in [0.2, 0.25) is 0 Å². The number of rotatable bonds is 11. The minimum Gasteiger partial charge on any atom is -0.381 e. The van der Waals surface area contributed by atoms with Crippen molar-refractivity contribution in [1.29, 1.82) is 0 Å². The summed E-state index contributed by atoms with van der Waals surface area (Å²) >= 11 is 0. The van der Waals surface area contributed by atoms with E-state index >= 15 is 0 Å². The van der Waals surface area contributed by atoms with Gasteiger partial charge >= 0.3 is 0 Å². The van der Waals surface area contributed by atoms with E-state index in [1.165, 1.54) is 25.7 Å². The van der Waals surface area contributed by atoms with Crippen LogP contribution in [-0.2, 0) is 9.53 Å². The molecule has 0 saturated carbocycles. The zero-order chi connectivity index (χ0) is 12.1. The molecule has 0 aromatic rings. The Morgan fingerprint density at radius 1 is 1.00 bits per heavy atom. The first-order valence-corrected chi connectivity index (χ1v) is 6.65. The third-order valence-electron chi connectivity index (χ3n) is 2.50. The molecule has 0 bridgehead atoms. The molecule has 1 amide bonds. The van der Waals surface area contributed by atoms with Gasteiger partial charge in [-0.2, -0.15) is 0 Å². The van der Waals surface area contributed by atoms with Crippen LogP contribution in [-0.4, -0.2) is 25.7 Å². The van der Waals surface area contributed by atoms with Crippen molar-refractivity contribution < 1.29 is 9.53 Å². The van der Waals surface area contributed by atoms with Gasteiger partial charge in [-0.15, -0.1) is 0 Å². The maximum Gasteiger partial charge on any atom is 0.219 e. The van der Waals surface area contributed by atoms with Crippen LogP contribution in [0.1, 0.15) is 58.8 Å². The maximum absolute atomic E-state index is 10.9. The highest BCUT2D eigenvalue weighted by Crippen LogP contribution is 1.99. The van der Waals surface area contributed by atoms with Crippen molar-refractivity contribution in [3.63, 3.8) is 0 Å². The van der Waals surface area contributed by atoms with Gasteiger partial charge in [0, 0.05) is 26.2 Å². The number of hydrogen-bond donors (Lipinski definition) is 1. The summed E-state index contributed by atoms with van der Waals surface area (Å²) in [7, 11) is 0. The molecule has 0 rings (SSSR count). The molecule has 0 heterocycles. The van der Waals surface area contributed by atoms with Crippen LogP contribution in [0.15, 0.2) is 0 Å². The SMILES string of the molecule is CCCCCCOCCCCNC(=O)CC. The van der Waals surface area contributed by atoms with Gasteiger partial charge in [-0.1, -0.05) is 33.1 Å². The summed E-state index contributed by atoms with van der Waals surface area (Å²) in [5.74, 6) is 0.139. The molecule has 0 atom stereocenters. The summed E-state index contributed by atoms with van der Waals surface area (Å²) in [4.78, 5) is 10.9. The predicted molar refractivity (Wildman–Crippen MR) is 67.5 cm³/mol. The molecule has 3 heteroatoms. The summed E-state index contributed by atoms with van der Waals surface area (Å²) in [5, 5.41) is 2.86. The number of hydrogen-bond acceptors (Lipinski definition) is 2. The lowest BCUT2D eigenvalue weighted by atomic mass is 10.2. The lowest BCUT2D eigenvalue weighted by Crippen LogP contribution is -2.23. The molecule has 0 aromatic heterocycles. The summed E-state index contributed by atoms with van der Waals surface area (Å²) in [6.07, 6.45) is 7.68. The molecule has 0 radical (unpaired) electrons. The Labute approximate surface area is 99.9 Å². The summed E-state index contributed by atoms with van der Waals surface area (Å²) in [5.41, 5.74) is 0. The van der Waals surface area contributed by atoms with E-state index in [2.05, 4.69) is 12.2 Å². The average Bonchev–Trinajstić information content (AvgIpc) is 2.31. The lowest BCUT2D eigenvalue weighted by Gasteiger charge is -2.05. The van der Waals surface area contributed by atoms with Gasteiger partial charge < -0.3 is 10.1 Å². The number of nitrogens with one attached hydrogen (secondary N) is 1. The standard InChI is InChI=1S/C13H27NO2/c1-3-5-6-8-11-16-12-9-7-10-14-13(15)4-2/h3-12H2,1-2H3,(H,14,15). The van der Waals surface area contributed by atoms with E-state index in [0.29, 0.717) is 6.42 Å². The minimum atomic E-state index is 0.139. The highest BCUT2D eigenvalue weighted by atomic mass is 16.5. The minimum absolute atomic E-state index is 0.139. The normalized spacial score (nSPS) is 10.4. The molecule has 0 unspecified atom stereocenters. The molecule has 0 spiro atoms. The van der Waals surface area contributed by atoms with Gasteiger partial charge in [-0.3, -0.25) is 4.79 Å². The van der Waals surface area contributed by atoms with E-state index in [0.717, 1.165) is 32.6 Å². The fraction of sp³-hybridized carbons (Fsp3) is 0.923. The maximum atomic E-state index is 10.9. The highest BCUT2D eigenvalue weighted by molar-refractivity contribution is 5.75. The van der Waals surface area contributed by atoms with E-state index in [1.807, 2.05) is 6.92 Å². The smallest absolute Gasteiger partial charge is 0.219 e. The Morgan fingerprint density at radius 3 is 2.31 bits per heavy atom. The quantitative estimate of drug-likeness (QED) is 0.553. The molecule has 0 aliphatic rings. The second kappa shape index (κ2) is 12.5. The van der Waals surface area contributed by atoms with Crippen molar-refractivity contribution in [2.45, 2.75) is 58.8 Å². The Kier molecular flexibility index (Phi) is 12.1. The van der Waals surface area contributed by atoms with E-state index in [4.69, 9.17) is 4.74 Å². The Hall–Kier alpha value is -0.570. The first-order chi connectivity index (χ1) is 7.81. The first kappa shape index (κ1) is 15.4. The molecule has 0 fully saturated rings. The fourth-order valence-corrected chi connectivity index (χ4v) is 1.41. The molecule has 3 nitrogen and oxygen atoms in total. The fourth-order valence-electron chi connectivity index (χ4n) is 1.41. The van der Waals surface area contributed by atoms with E-state index in [1.54, 1.807) is 0 Å². The van der Waals surface area contributed by atoms with Crippen molar-refractivity contribution in [2.24, 2.45) is 0 Å². The monoisotopic (exact) mass is 229 g/mol. The Morgan fingerprint density at radius 2 is 1.69 bits per heavy atom. The summed E-state index contributed by atoms with van der Waals surface area (Å²) in [6.45, 7) is 6.58. The van der Waals surface area contributed by atoms with Crippen molar-refractivity contribution in [2.75, 3.05) is 19.8 Å². The zero-order valence-corrected chi connectivity index (χ0v) is 10.9. The molecular formula is C13H27NO2. The van der Waals surface area contributed by atoms with Crippen LogP contribution in [0.25, 0.3) is 0 Å². The average molecular weight is 229 g/mol. The van der Waals surface area contributed by atoms with Gasteiger partial charge in [0.25, 0.3) is 0 Å². The van der Waals surface area contributed by atoms with Gasteiger partial charge in [0.1, 0.15) is 0 Å². The van der Waals surface area contributed by atoms with Crippen molar-refractivity contribution in [1.82, 2.24) is 5.32 Å². The topological polar surface area (TPSA) is 38.3 Å². The molecule has 16 heavy (non-hydrogen) atoms. The van der Waals surface area contributed by atoms with Gasteiger partial charge in [-0.05, 0) is 19.3 Å². The van der Waals surface area contributed by atoms with Crippen LogP contribution < -0.4 is 5.32 Å². The molecular weight excluding hydrogens is 202 g/mol. The number of carbonyl (C=O) groups excluding carboxylic acids is 1. The molecule has 96 valence electrons. The van der Waals surface area contributed by atoms with Crippen LogP contribution in [0.3, 0.4) is 0 Å². The molecule has 0 aliphatic carbocycles. The van der Waals surface area contributed by atoms with Crippen LogP contribution >= 0.6 is 0 Å². The Balaban J connectivity index is 2.96. The van der Waals surface area contributed by atoms with E-state index in [9.17, 15) is 4.79 Å². The number of carbonyl (C=O) groups is 1. The van der Waals surface area contributed by atoms with Gasteiger partial charge in [0.15, 0.2) is 0 Å². The van der Waals surface area contributed by atoms with Crippen LogP contribution in [0, 0.1) is 0 Å².